The lowest BCUT2D eigenvalue weighted by molar-refractivity contribution is 0.239. The minimum Gasteiger partial charge on any atom is -0.482 e. The van der Waals surface area contributed by atoms with Crippen molar-refractivity contribution in [3.8, 4) is 5.75 Å². The highest BCUT2D eigenvalue weighted by atomic mass is 16.5. The van der Waals surface area contributed by atoms with Crippen molar-refractivity contribution in [1.29, 1.82) is 0 Å². The van der Waals surface area contributed by atoms with Crippen LogP contribution in [0.4, 0.5) is 0 Å². The zero-order valence-electron chi connectivity index (χ0n) is 12.4. The van der Waals surface area contributed by atoms with E-state index in [-0.39, 0.29) is 6.61 Å². The van der Waals surface area contributed by atoms with Gasteiger partial charge in [0.1, 0.15) is 5.75 Å². The van der Waals surface area contributed by atoms with Crippen LogP contribution in [0.25, 0.3) is 0 Å². The number of hydrogen-bond acceptors (Lipinski definition) is 6. The van der Waals surface area contributed by atoms with Crippen LogP contribution in [0.5, 0.6) is 5.75 Å². The molecular formula is C15H20N4O2. The smallest absolute Gasteiger partial charge is 0.264 e. The molecule has 2 aromatic rings. The van der Waals surface area contributed by atoms with Crippen LogP contribution in [0.2, 0.25) is 0 Å². The molecule has 0 amide bonds. The molecule has 6 heteroatoms. The summed E-state index contributed by atoms with van der Waals surface area (Å²) >= 11 is 0. The summed E-state index contributed by atoms with van der Waals surface area (Å²) in [7, 11) is 0. The van der Waals surface area contributed by atoms with Crippen molar-refractivity contribution in [2.75, 3.05) is 6.54 Å². The Labute approximate surface area is 123 Å². The van der Waals surface area contributed by atoms with E-state index in [0.29, 0.717) is 18.4 Å². The molecule has 0 atom stereocenters. The summed E-state index contributed by atoms with van der Waals surface area (Å²) in [5.74, 6) is 2.58. The molecule has 0 unspecified atom stereocenters. The van der Waals surface area contributed by atoms with Crippen molar-refractivity contribution in [2.24, 2.45) is 0 Å². The highest BCUT2D eigenvalue weighted by Crippen LogP contribution is 2.38. The van der Waals surface area contributed by atoms with Crippen molar-refractivity contribution in [3.05, 3.63) is 35.2 Å². The van der Waals surface area contributed by atoms with E-state index in [1.807, 2.05) is 19.1 Å². The maximum Gasteiger partial charge on any atom is 0.264 e. The number of rotatable bonds is 7. The lowest BCUT2D eigenvalue weighted by atomic mass is 10.3. The molecule has 112 valence electrons. The molecule has 0 aromatic carbocycles. The molecular weight excluding hydrogens is 268 g/mol. The molecule has 0 radical (unpaired) electrons. The number of nitrogens with zero attached hydrogens (tertiary/aromatic N) is 3. The molecule has 21 heavy (non-hydrogen) atoms. The molecule has 1 N–H and O–H groups in total. The van der Waals surface area contributed by atoms with Gasteiger partial charge < -0.3 is 14.6 Å². The molecule has 2 heterocycles. The fourth-order valence-electron chi connectivity index (χ4n) is 2.07. The van der Waals surface area contributed by atoms with Gasteiger partial charge in [-0.2, -0.15) is 4.98 Å². The zero-order valence-corrected chi connectivity index (χ0v) is 12.4. The van der Waals surface area contributed by atoms with Gasteiger partial charge in [-0.1, -0.05) is 12.1 Å². The summed E-state index contributed by atoms with van der Waals surface area (Å²) in [6.45, 7) is 5.89. The third kappa shape index (κ3) is 3.58. The summed E-state index contributed by atoms with van der Waals surface area (Å²) in [5, 5.41) is 7.25. The third-order valence-corrected chi connectivity index (χ3v) is 3.39. The van der Waals surface area contributed by atoms with E-state index in [9.17, 15) is 0 Å². The summed E-state index contributed by atoms with van der Waals surface area (Å²) in [4.78, 5) is 8.87. The van der Waals surface area contributed by atoms with Crippen LogP contribution < -0.4 is 10.1 Å². The summed E-state index contributed by atoms with van der Waals surface area (Å²) in [6, 6.07) is 3.88. The van der Waals surface area contributed by atoms with Crippen molar-refractivity contribution in [2.45, 2.75) is 45.8 Å². The molecule has 0 saturated heterocycles. The Balaban J connectivity index is 1.65. The summed E-state index contributed by atoms with van der Waals surface area (Å²) in [5.41, 5.74) is 1.88. The van der Waals surface area contributed by atoms with Crippen molar-refractivity contribution in [3.63, 3.8) is 0 Å². The van der Waals surface area contributed by atoms with Crippen LogP contribution in [-0.4, -0.2) is 21.7 Å². The van der Waals surface area contributed by atoms with Gasteiger partial charge in [0, 0.05) is 18.2 Å². The molecule has 1 aliphatic rings. The van der Waals surface area contributed by atoms with Crippen LogP contribution in [-0.2, 0) is 13.2 Å². The predicted molar refractivity (Wildman–Crippen MR) is 77.0 cm³/mol. The van der Waals surface area contributed by atoms with Gasteiger partial charge in [-0.25, -0.2) is 0 Å². The normalized spacial score (nSPS) is 14.4. The van der Waals surface area contributed by atoms with E-state index in [1.165, 1.54) is 0 Å². The fraction of sp³-hybridized carbons (Fsp3) is 0.533. The zero-order chi connectivity index (χ0) is 14.7. The Bertz CT molecular complexity index is 607. The Morgan fingerprint density at radius 3 is 2.95 bits per heavy atom. The van der Waals surface area contributed by atoms with Crippen molar-refractivity contribution in [1.82, 2.24) is 20.4 Å². The van der Waals surface area contributed by atoms with Crippen LogP contribution >= 0.6 is 0 Å². The lowest BCUT2D eigenvalue weighted by Gasteiger charge is -2.10. The van der Waals surface area contributed by atoms with Crippen molar-refractivity contribution >= 4 is 0 Å². The molecule has 1 saturated carbocycles. The Hall–Kier alpha value is -1.95. The first-order chi connectivity index (χ1) is 10.3. The van der Waals surface area contributed by atoms with Gasteiger partial charge in [0.2, 0.25) is 0 Å². The molecule has 0 aliphatic heterocycles. The molecule has 3 rings (SSSR count). The molecule has 0 spiro atoms. The lowest BCUT2D eigenvalue weighted by Crippen LogP contribution is -2.14. The number of hydrogen-bond donors (Lipinski definition) is 1. The van der Waals surface area contributed by atoms with E-state index in [1.54, 1.807) is 0 Å². The summed E-state index contributed by atoms with van der Waals surface area (Å²) in [6.07, 6.45) is 2.32. The first-order valence-electron chi connectivity index (χ1n) is 7.38. The first kappa shape index (κ1) is 14.0. The van der Waals surface area contributed by atoms with Gasteiger partial charge in [0.05, 0.1) is 5.69 Å². The Morgan fingerprint density at radius 1 is 1.33 bits per heavy atom. The Morgan fingerprint density at radius 2 is 2.19 bits per heavy atom. The highest BCUT2D eigenvalue weighted by molar-refractivity contribution is 5.29. The first-order valence-corrected chi connectivity index (χ1v) is 7.38. The third-order valence-electron chi connectivity index (χ3n) is 3.39. The second-order valence-corrected chi connectivity index (χ2v) is 5.29. The van der Waals surface area contributed by atoms with E-state index in [2.05, 4.69) is 27.4 Å². The second-order valence-electron chi connectivity index (χ2n) is 5.29. The minimum absolute atomic E-state index is 0.281. The van der Waals surface area contributed by atoms with Gasteiger partial charge >= 0.3 is 0 Å². The number of aryl methyl sites for hydroxylation is 1. The minimum atomic E-state index is 0.281. The molecule has 1 aliphatic carbocycles. The van der Waals surface area contributed by atoms with Crippen LogP contribution in [0.1, 0.15) is 48.8 Å². The molecule has 1 fully saturated rings. The number of ether oxygens (including phenoxy) is 1. The van der Waals surface area contributed by atoms with Gasteiger partial charge in [-0.05, 0) is 38.4 Å². The van der Waals surface area contributed by atoms with E-state index >= 15 is 0 Å². The van der Waals surface area contributed by atoms with Crippen LogP contribution in [0.3, 0.4) is 0 Å². The van der Waals surface area contributed by atoms with Crippen LogP contribution in [0.15, 0.2) is 16.7 Å². The van der Waals surface area contributed by atoms with Crippen molar-refractivity contribution < 1.29 is 9.26 Å². The predicted octanol–water partition coefficient (Wildman–Crippen LogP) is 2.34. The van der Waals surface area contributed by atoms with Crippen LogP contribution in [0, 0.1) is 6.92 Å². The fourth-order valence-corrected chi connectivity index (χ4v) is 2.07. The molecule has 2 aromatic heterocycles. The largest absolute Gasteiger partial charge is 0.482 e. The van der Waals surface area contributed by atoms with Gasteiger partial charge in [0.15, 0.2) is 12.4 Å². The average molecular weight is 288 g/mol. The highest BCUT2D eigenvalue weighted by Gasteiger charge is 2.28. The monoisotopic (exact) mass is 288 g/mol. The average Bonchev–Trinajstić information content (AvgIpc) is 3.23. The van der Waals surface area contributed by atoms with Gasteiger partial charge in [-0.15, -0.1) is 0 Å². The molecule has 0 bridgehead atoms. The van der Waals surface area contributed by atoms with Gasteiger partial charge in [0.25, 0.3) is 5.89 Å². The maximum atomic E-state index is 5.79. The van der Waals surface area contributed by atoms with E-state index in [0.717, 1.165) is 42.3 Å². The summed E-state index contributed by atoms with van der Waals surface area (Å²) < 4.78 is 11.0. The number of aromatic nitrogens is 3. The standard InChI is InChI=1S/C15H20N4O2/c1-3-16-8-12-13(7-4-10(2)17-12)20-9-14-18-15(19-21-14)11-5-6-11/h4,7,11,16H,3,5-6,8-9H2,1-2H3. The second kappa shape index (κ2) is 6.22. The number of nitrogens with one attached hydrogen (secondary N) is 1. The SMILES string of the molecule is CCNCc1nc(C)ccc1OCc1nc(C2CC2)no1. The quantitative estimate of drug-likeness (QED) is 0.843. The van der Waals surface area contributed by atoms with E-state index < -0.39 is 0 Å². The van der Waals surface area contributed by atoms with Gasteiger partial charge in [-0.3, -0.25) is 4.98 Å². The van der Waals surface area contributed by atoms with E-state index in [4.69, 9.17) is 9.26 Å². The maximum absolute atomic E-state index is 5.79. The topological polar surface area (TPSA) is 73.1 Å². The number of pyridine rings is 1. The Kier molecular flexibility index (Phi) is 4.15. The molecule has 6 nitrogen and oxygen atoms in total.